The number of aliphatic hydroxyl groups excluding tert-OH is 6. The molecule has 0 bridgehead atoms. The fourth-order valence-electron chi connectivity index (χ4n) is 6.35. The number of carbonyl (C=O) groups is 4. The van der Waals surface area contributed by atoms with Gasteiger partial charge in [0, 0.05) is 24.5 Å². The topological polar surface area (TPSA) is 344 Å². The summed E-state index contributed by atoms with van der Waals surface area (Å²) in [5.74, 6) is -6.60. The van der Waals surface area contributed by atoms with E-state index in [2.05, 4.69) is 5.32 Å². The molecule has 280 valence electrons. The Labute approximate surface area is 286 Å². The number of quaternary nitrogens is 1. The number of hydrogen-bond acceptors (Lipinski definition) is 16. The highest BCUT2D eigenvalue weighted by Gasteiger charge is 2.53. The van der Waals surface area contributed by atoms with Gasteiger partial charge in [-0.25, -0.2) is 19.2 Å². The minimum Gasteiger partial charge on any atom is -0.504 e. The average molecular weight is 730 g/mol. The summed E-state index contributed by atoms with van der Waals surface area (Å²) in [6, 6.07) is 0.0689. The lowest BCUT2D eigenvalue weighted by molar-refractivity contribution is -0.838. The molecule has 13 N–H and O–H groups in total. The first-order valence-electron chi connectivity index (χ1n) is 15.5. The van der Waals surface area contributed by atoms with Gasteiger partial charge in [-0.2, -0.15) is 0 Å². The Bertz CT molecular complexity index is 1600. The predicted octanol–water partition coefficient (Wildman–Crippen LogP) is -5.65. The smallest absolute Gasteiger partial charge is 0.363 e. The van der Waals surface area contributed by atoms with Crippen molar-refractivity contribution >= 4 is 29.6 Å². The Morgan fingerprint density at radius 1 is 0.863 bits per heavy atom. The van der Waals surface area contributed by atoms with Crippen LogP contribution in [0.15, 0.2) is 35.6 Å². The summed E-state index contributed by atoms with van der Waals surface area (Å²) in [5.41, 5.74) is 0.594. The maximum Gasteiger partial charge on any atom is 0.363 e. The molecule has 2 saturated heterocycles. The number of aliphatic hydroxyl groups is 6. The molecule has 1 aromatic rings. The SMILES string of the molecule is O=C(O)C1=C/C(=C/C[NH+]2c3cc(O)c(O[C@@H]4O[C@H](CO)[C@@H](O)[C@H](O)[C@H]4O[C@@H]4O[C@H](C(=O)O)[C@@H](O)[C@H](O)[C@H]4O)cc3C[C@H]2C(=O)O)C[C@H](C(=O)O)N1. The van der Waals surface area contributed by atoms with Crippen molar-refractivity contribution in [1.82, 2.24) is 5.32 Å². The summed E-state index contributed by atoms with van der Waals surface area (Å²) < 4.78 is 22.0. The molecule has 5 rings (SSSR count). The molecule has 13 atom stereocenters. The van der Waals surface area contributed by atoms with Gasteiger partial charge in [0.25, 0.3) is 0 Å². The highest BCUT2D eigenvalue weighted by molar-refractivity contribution is 5.89. The van der Waals surface area contributed by atoms with Gasteiger partial charge in [0.05, 0.1) is 6.61 Å². The van der Waals surface area contributed by atoms with E-state index < -0.39 is 110 Å². The summed E-state index contributed by atoms with van der Waals surface area (Å²) in [4.78, 5) is 47.2. The fraction of sp³-hybridized carbons (Fsp3) is 0.533. The van der Waals surface area contributed by atoms with Gasteiger partial charge in [0.2, 0.25) is 6.29 Å². The molecule has 21 nitrogen and oxygen atoms in total. The van der Waals surface area contributed by atoms with E-state index in [1.165, 1.54) is 24.3 Å². The third-order valence-electron chi connectivity index (χ3n) is 9.06. The molecule has 0 saturated carbocycles. The van der Waals surface area contributed by atoms with Crippen LogP contribution in [0.2, 0.25) is 0 Å². The lowest BCUT2D eigenvalue weighted by atomic mass is 9.97. The fourth-order valence-corrected chi connectivity index (χ4v) is 6.35. The first kappa shape index (κ1) is 37.8. The summed E-state index contributed by atoms with van der Waals surface area (Å²) in [6.45, 7) is -0.920. The summed E-state index contributed by atoms with van der Waals surface area (Å²) >= 11 is 0. The monoisotopic (exact) mass is 729 g/mol. The molecule has 2 fully saturated rings. The number of ether oxygens (including phenoxy) is 4. The van der Waals surface area contributed by atoms with Crippen molar-refractivity contribution in [3.05, 3.63) is 41.1 Å². The van der Waals surface area contributed by atoms with Crippen LogP contribution in [-0.4, -0.2) is 167 Å². The van der Waals surface area contributed by atoms with Crippen molar-refractivity contribution in [2.24, 2.45) is 0 Å². The number of phenols is 1. The number of benzene rings is 1. The second-order valence-electron chi connectivity index (χ2n) is 12.3. The van der Waals surface area contributed by atoms with Crippen molar-refractivity contribution in [2.75, 3.05) is 13.2 Å². The molecule has 51 heavy (non-hydrogen) atoms. The summed E-state index contributed by atoms with van der Waals surface area (Å²) in [5, 5.41) is 113. The van der Waals surface area contributed by atoms with Crippen LogP contribution in [0.5, 0.6) is 11.5 Å². The van der Waals surface area contributed by atoms with Crippen LogP contribution in [0.4, 0.5) is 5.69 Å². The number of aliphatic carboxylic acids is 4. The van der Waals surface area contributed by atoms with Gasteiger partial charge >= 0.3 is 23.9 Å². The highest BCUT2D eigenvalue weighted by Crippen LogP contribution is 2.37. The molecule has 4 heterocycles. The number of hydrogen-bond donors (Lipinski definition) is 13. The van der Waals surface area contributed by atoms with Crippen LogP contribution in [0, 0.1) is 0 Å². The van der Waals surface area contributed by atoms with E-state index in [1.54, 1.807) is 0 Å². The number of phenolic OH excluding ortho intramolecular Hbond substituents is 1. The summed E-state index contributed by atoms with van der Waals surface area (Å²) in [6.07, 6.45) is -16.9. The maximum atomic E-state index is 12.3. The molecular formula is C30H37N2O19+. The first-order valence-corrected chi connectivity index (χ1v) is 15.5. The van der Waals surface area contributed by atoms with Crippen molar-refractivity contribution in [1.29, 1.82) is 0 Å². The highest BCUT2D eigenvalue weighted by atomic mass is 16.8. The Hall–Kier alpha value is -4.42. The number of allylic oxidation sites excluding steroid dienone is 1. The zero-order chi connectivity index (χ0) is 37.5. The zero-order valence-electron chi connectivity index (χ0n) is 26.3. The molecule has 0 amide bonds. The van der Waals surface area contributed by atoms with E-state index in [0.29, 0.717) is 21.7 Å². The predicted molar refractivity (Wildman–Crippen MR) is 159 cm³/mol. The van der Waals surface area contributed by atoms with Crippen LogP contribution in [0.25, 0.3) is 0 Å². The molecule has 4 aliphatic heterocycles. The second-order valence-corrected chi connectivity index (χ2v) is 12.3. The molecule has 0 radical (unpaired) electrons. The number of aromatic hydroxyl groups is 1. The van der Waals surface area contributed by atoms with Crippen molar-refractivity contribution in [3.63, 3.8) is 0 Å². The number of nitrogens with one attached hydrogen (secondary N) is 2. The summed E-state index contributed by atoms with van der Waals surface area (Å²) in [7, 11) is 0. The number of rotatable bonds is 11. The quantitative estimate of drug-likeness (QED) is 0.101. The van der Waals surface area contributed by atoms with Gasteiger partial charge < -0.3 is 80.4 Å². The Morgan fingerprint density at radius 3 is 2.18 bits per heavy atom. The van der Waals surface area contributed by atoms with Crippen molar-refractivity contribution < 1.29 is 99.2 Å². The van der Waals surface area contributed by atoms with E-state index in [9.17, 15) is 75.3 Å². The van der Waals surface area contributed by atoms with Crippen LogP contribution < -0.4 is 15.0 Å². The lowest BCUT2D eigenvalue weighted by Crippen LogP contribution is -3.11. The zero-order valence-corrected chi connectivity index (χ0v) is 26.3. The molecule has 0 aliphatic carbocycles. The van der Waals surface area contributed by atoms with Crippen LogP contribution in [0.1, 0.15) is 12.0 Å². The maximum absolute atomic E-state index is 12.3. The molecule has 4 aliphatic rings. The molecule has 0 aromatic heterocycles. The molecule has 1 aromatic carbocycles. The van der Waals surface area contributed by atoms with Crippen molar-refractivity contribution in [3.8, 4) is 11.5 Å². The number of carboxylic acid groups (broad SMARTS) is 4. The normalized spacial score (nSPS) is 37.2. The minimum atomic E-state index is -2.09. The van der Waals surface area contributed by atoms with Gasteiger partial charge in [0.15, 0.2) is 36.0 Å². The average Bonchev–Trinajstić information content (AvgIpc) is 3.43. The first-order chi connectivity index (χ1) is 24.0. The van der Waals surface area contributed by atoms with Crippen molar-refractivity contribution in [2.45, 2.75) is 86.3 Å². The van der Waals surface area contributed by atoms with Crippen LogP contribution in [-0.2, 0) is 39.8 Å². The minimum absolute atomic E-state index is 0.0693. The Morgan fingerprint density at radius 2 is 1.57 bits per heavy atom. The Kier molecular flexibility index (Phi) is 11.2. The molecule has 0 spiro atoms. The largest absolute Gasteiger partial charge is 0.504 e. The lowest BCUT2D eigenvalue weighted by Gasteiger charge is -2.45. The molecule has 1 unspecified atom stereocenters. The van der Waals surface area contributed by atoms with Crippen LogP contribution in [0.3, 0.4) is 0 Å². The van der Waals surface area contributed by atoms with E-state index in [4.69, 9.17) is 18.9 Å². The van der Waals surface area contributed by atoms with E-state index in [1.807, 2.05) is 0 Å². The standard InChI is InChI=1S/C30H36N2O19/c33-8-17-18(35)20(37)24(51-29-22(39)19(36)21(38)23(50-29)28(46)47)30(49-17)48-16-6-10-5-14(27(44)45)32(13(10)7-15(16)34)2-1-9-3-11(25(40)41)31-12(4-9)26(42)43/h1,3,6-7,12,14,17-24,29-31,33-39H,2,4-5,8H2,(H,40,41)(H,42,43)(H,44,45)(H,46,47)/p+1/b9-1-/t12-,14+,17-,18-,19+,20+,21+,22-,23+,24-,29+,30-/m1/s1. The van der Waals surface area contributed by atoms with Gasteiger partial charge in [0.1, 0.15) is 60.6 Å². The third-order valence-corrected chi connectivity index (χ3v) is 9.06. The molecule has 21 heteroatoms. The van der Waals surface area contributed by atoms with Crippen LogP contribution >= 0.6 is 0 Å². The second kappa shape index (κ2) is 15.1. The van der Waals surface area contributed by atoms with Gasteiger partial charge in [-0.1, -0.05) is 0 Å². The number of carboxylic acids is 4. The Balaban J connectivity index is 1.42. The van der Waals surface area contributed by atoms with E-state index in [0.717, 1.165) is 0 Å². The molecular weight excluding hydrogens is 692 g/mol. The third kappa shape index (κ3) is 7.62. The number of fused-ring (bicyclic) bond motifs is 1. The van der Waals surface area contributed by atoms with Gasteiger partial charge in [-0.05, 0) is 23.8 Å². The van der Waals surface area contributed by atoms with E-state index in [-0.39, 0.29) is 30.8 Å². The van der Waals surface area contributed by atoms with Gasteiger partial charge in [-0.3, -0.25) is 4.90 Å². The van der Waals surface area contributed by atoms with E-state index >= 15 is 0 Å². The van der Waals surface area contributed by atoms with Gasteiger partial charge in [-0.15, -0.1) is 0 Å².